The molecule has 1 aromatic carbocycles. The molecule has 5 nitrogen and oxygen atoms in total. The lowest BCUT2D eigenvalue weighted by molar-refractivity contribution is -0.124. The molecule has 2 amide bonds. The molecule has 1 aliphatic rings. The summed E-state index contributed by atoms with van der Waals surface area (Å²) in [6.07, 6.45) is 4.41. The average Bonchev–Trinajstić information content (AvgIpc) is 2.53. The summed E-state index contributed by atoms with van der Waals surface area (Å²) >= 11 is 5.97. The number of amides is 2. The molecule has 6 heteroatoms. The fourth-order valence-corrected chi connectivity index (χ4v) is 2.75. The number of hydrogen-bond donors (Lipinski definition) is 2. The molecule has 1 atom stereocenters. The molecule has 0 aromatic heterocycles. The first-order chi connectivity index (χ1) is 11.0. The number of benzene rings is 1. The number of rotatable bonds is 5. The van der Waals surface area contributed by atoms with Gasteiger partial charge >= 0.3 is 0 Å². The van der Waals surface area contributed by atoms with Gasteiger partial charge in [-0.25, -0.2) is 5.43 Å². The SMILES string of the molecule is CC1CCC/C(=N\NC(=O)CCC(=O)Nc2ccccc2Cl)C1. The van der Waals surface area contributed by atoms with E-state index in [4.69, 9.17) is 11.6 Å². The van der Waals surface area contributed by atoms with Crippen molar-refractivity contribution in [2.75, 3.05) is 5.32 Å². The van der Waals surface area contributed by atoms with Crippen LogP contribution in [0.5, 0.6) is 0 Å². The fourth-order valence-electron chi connectivity index (χ4n) is 2.56. The predicted octanol–water partition coefficient (Wildman–Crippen LogP) is 3.74. The molecule has 0 heterocycles. The van der Waals surface area contributed by atoms with Crippen LogP contribution in [0.4, 0.5) is 5.69 Å². The van der Waals surface area contributed by atoms with E-state index in [1.165, 1.54) is 6.42 Å². The van der Waals surface area contributed by atoms with Crippen LogP contribution >= 0.6 is 11.6 Å². The summed E-state index contributed by atoms with van der Waals surface area (Å²) in [6.45, 7) is 2.19. The minimum absolute atomic E-state index is 0.0955. The maximum atomic E-state index is 11.8. The van der Waals surface area contributed by atoms with E-state index in [0.29, 0.717) is 16.6 Å². The third kappa shape index (κ3) is 6.02. The predicted molar refractivity (Wildman–Crippen MR) is 92.5 cm³/mol. The molecule has 1 saturated carbocycles. The summed E-state index contributed by atoms with van der Waals surface area (Å²) < 4.78 is 0. The lowest BCUT2D eigenvalue weighted by Crippen LogP contribution is -2.23. The van der Waals surface area contributed by atoms with Gasteiger partial charge in [0.1, 0.15) is 0 Å². The number of nitrogens with one attached hydrogen (secondary N) is 2. The van der Waals surface area contributed by atoms with Gasteiger partial charge in [-0.15, -0.1) is 0 Å². The summed E-state index contributed by atoms with van der Waals surface area (Å²) in [7, 11) is 0. The maximum absolute atomic E-state index is 11.8. The Hall–Kier alpha value is -1.88. The van der Waals surface area contributed by atoms with Gasteiger partial charge in [0.15, 0.2) is 0 Å². The van der Waals surface area contributed by atoms with E-state index < -0.39 is 0 Å². The standard InChI is InChI=1S/C17H22ClN3O2/c1-12-5-4-6-13(11-12)20-21-17(23)10-9-16(22)19-15-8-3-2-7-14(15)18/h2-3,7-8,12H,4-6,9-11H2,1H3,(H,19,22)(H,21,23)/b20-13+. The highest BCUT2D eigenvalue weighted by Crippen LogP contribution is 2.21. The molecule has 1 aromatic rings. The summed E-state index contributed by atoms with van der Waals surface area (Å²) in [5.41, 5.74) is 4.14. The minimum Gasteiger partial charge on any atom is -0.325 e. The van der Waals surface area contributed by atoms with E-state index in [9.17, 15) is 9.59 Å². The molecule has 0 bridgehead atoms. The van der Waals surface area contributed by atoms with Gasteiger partial charge in [0.2, 0.25) is 11.8 Å². The van der Waals surface area contributed by atoms with Crippen molar-refractivity contribution in [3.8, 4) is 0 Å². The van der Waals surface area contributed by atoms with Crippen LogP contribution in [0.1, 0.15) is 45.4 Å². The summed E-state index contributed by atoms with van der Waals surface area (Å²) in [5, 5.41) is 7.34. The van der Waals surface area contributed by atoms with Crippen molar-refractivity contribution in [1.29, 1.82) is 0 Å². The molecule has 2 N–H and O–H groups in total. The van der Waals surface area contributed by atoms with Crippen LogP contribution in [0.2, 0.25) is 5.02 Å². The van der Waals surface area contributed by atoms with Crippen molar-refractivity contribution in [3.63, 3.8) is 0 Å². The highest BCUT2D eigenvalue weighted by molar-refractivity contribution is 6.33. The second-order valence-corrected chi connectivity index (χ2v) is 6.35. The lowest BCUT2D eigenvalue weighted by Gasteiger charge is -2.18. The number of hydrogen-bond acceptors (Lipinski definition) is 3. The van der Waals surface area contributed by atoms with Crippen molar-refractivity contribution >= 4 is 34.8 Å². The van der Waals surface area contributed by atoms with Gasteiger partial charge in [-0.05, 0) is 43.7 Å². The summed E-state index contributed by atoms with van der Waals surface area (Å²) in [4.78, 5) is 23.6. The quantitative estimate of drug-likeness (QED) is 0.805. The van der Waals surface area contributed by atoms with Crippen molar-refractivity contribution in [2.24, 2.45) is 11.0 Å². The molecule has 0 aliphatic heterocycles. The largest absolute Gasteiger partial charge is 0.325 e. The Labute approximate surface area is 141 Å². The number of para-hydroxylation sites is 1. The van der Waals surface area contributed by atoms with E-state index in [0.717, 1.165) is 25.0 Å². The minimum atomic E-state index is -0.245. The molecular formula is C17H22ClN3O2. The molecule has 0 spiro atoms. The molecule has 0 radical (unpaired) electrons. The number of carbonyl (C=O) groups is 2. The first kappa shape index (κ1) is 17.5. The van der Waals surface area contributed by atoms with E-state index in [1.807, 2.05) is 0 Å². The van der Waals surface area contributed by atoms with E-state index in [1.54, 1.807) is 24.3 Å². The Morgan fingerprint density at radius 1 is 1.26 bits per heavy atom. The fraction of sp³-hybridized carbons (Fsp3) is 0.471. The first-order valence-electron chi connectivity index (χ1n) is 7.93. The van der Waals surface area contributed by atoms with Gasteiger partial charge in [0.25, 0.3) is 0 Å². The first-order valence-corrected chi connectivity index (χ1v) is 8.31. The van der Waals surface area contributed by atoms with Crippen molar-refractivity contribution in [2.45, 2.75) is 45.4 Å². The molecule has 1 fully saturated rings. The topological polar surface area (TPSA) is 70.6 Å². The van der Waals surface area contributed by atoms with Crippen LogP contribution in [-0.2, 0) is 9.59 Å². The molecule has 124 valence electrons. The van der Waals surface area contributed by atoms with E-state index in [2.05, 4.69) is 22.8 Å². The number of nitrogens with zero attached hydrogens (tertiary/aromatic N) is 1. The lowest BCUT2D eigenvalue weighted by atomic mass is 9.89. The Morgan fingerprint density at radius 3 is 2.74 bits per heavy atom. The van der Waals surface area contributed by atoms with Gasteiger partial charge in [-0.2, -0.15) is 5.10 Å². The van der Waals surface area contributed by atoms with E-state index in [-0.39, 0.29) is 24.7 Å². The zero-order valence-corrected chi connectivity index (χ0v) is 14.0. The highest BCUT2D eigenvalue weighted by atomic mass is 35.5. The smallest absolute Gasteiger partial charge is 0.240 e. The summed E-state index contributed by atoms with van der Waals surface area (Å²) in [5.74, 6) is 0.137. The Kier molecular flexibility index (Phi) is 6.59. The van der Waals surface area contributed by atoms with Crippen LogP contribution < -0.4 is 10.7 Å². The number of halogens is 1. The van der Waals surface area contributed by atoms with Crippen molar-refractivity contribution in [1.82, 2.24) is 5.43 Å². The molecule has 1 aliphatic carbocycles. The van der Waals surface area contributed by atoms with E-state index >= 15 is 0 Å². The maximum Gasteiger partial charge on any atom is 0.240 e. The second-order valence-electron chi connectivity index (χ2n) is 5.94. The van der Waals surface area contributed by atoms with Crippen LogP contribution in [-0.4, -0.2) is 17.5 Å². The zero-order chi connectivity index (χ0) is 16.7. The van der Waals surface area contributed by atoms with Crippen LogP contribution in [0, 0.1) is 5.92 Å². The summed E-state index contributed by atoms with van der Waals surface area (Å²) in [6, 6.07) is 6.99. The van der Waals surface area contributed by atoms with Gasteiger partial charge in [-0.1, -0.05) is 30.7 Å². The highest BCUT2D eigenvalue weighted by Gasteiger charge is 2.14. The monoisotopic (exact) mass is 335 g/mol. The van der Waals surface area contributed by atoms with Crippen molar-refractivity contribution in [3.05, 3.63) is 29.3 Å². The van der Waals surface area contributed by atoms with Gasteiger partial charge in [0.05, 0.1) is 10.7 Å². The van der Waals surface area contributed by atoms with Gasteiger partial charge in [0, 0.05) is 18.6 Å². The van der Waals surface area contributed by atoms with Gasteiger partial charge < -0.3 is 5.32 Å². The Morgan fingerprint density at radius 2 is 2.00 bits per heavy atom. The average molecular weight is 336 g/mol. The number of carbonyl (C=O) groups excluding carboxylic acids is 2. The van der Waals surface area contributed by atoms with Crippen LogP contribution in [0.3, 0.4) is 0 Å². The van der Waals surface area contributed by atoms with Crippen molar-refractivity contribution < 1.29 is 9.59 Å². The molecule has 2 rings (SSSR count). The van der Waals surface area contributed by atoms with Crippen LogP contribution in [0.25, 0.3) is 0 Å². The third-order valence-corrected chi connectivity index (χ3v) is 4.14. The number of anilines is 1. The number of hydrazone groups is 1. The zero-order valence-electron chi connectivity index (χ0n) is 13.3. The molecule has 0 saturated heterocycles. The molecular weight excluding hydrogens is 314 g/mol. The molecule has 1 unspecified atom stereocenters. The Bertz CT molecular complexity index is 601. The van der Waals surface area contributed by atoms with Crippen LogP contribution in [0.15, 0.2) is 29.4 Å². The molecule has 23 heavy (non-hydrogen) atoms. The van der Waals surface area contributed by atoms with Gasteiger partial charge in [-0.3, -0.25) is 9.59 Å². The Balaban J connectivity index is 1.72. The third-order valence-electron chi connectivity index (χ3n) is 3.81. The normalized spacial score (nSPS) is 19.4. The second kappa shape index (κ2) is 8.67.